The van der Waals surface area contributed by atoms with E-state index >= 15 is 0 Å². The summed E-state index contributed by atoms with van der Waals surface area (Å²) in [5.74, 6) is 0. The summed E-state index contributed by atoms with van der Waals surface area (Å²) in [6.07, 6.45) is 0. The molecule has 0 amide bonds. The maximum Gasteiger partial charge on any atom is 0.0662 e. The maximum absolute atomic E-state index is 7.62. The molecule has 0 aromatic heterocycles. The molecule has 0 saturated carbocycles. The molecule has 0 spiro atoms. The van der Waals surface area contributed by atoms with Gasteiger partial charge in [0.15, 0.2) is 0 Å². The number of hydrogen-bond acceptors (Lipinski definition) is 4. The van der Waals surface area contributed by atoms with Gasteiger partial charge in [-0.2, -0.15) is 0 Å². The molecule has 2 N–H and O–H groups in total. The van der Waals surface area contributed by atoms with Crippen LogP contribution in [0.15, 0.2) is 34.1 Å². The minimum Gasteiger partial charge on any atom is -0.394 e. The smallest absolute Gasteiger partial charge is 0.0662 e. The van der Waals surface area contributed by atoms with Crippen LogP contribution in [0.4, 0.5) is 0 Å². The Morgan fingerprint density at radius 2 is 1.08 bits per heavy atom. The summed E-state index contributed by atoms with van der Waals surface area (Å²) in [5.41, 5.74) is 0. The third kappa shape index (κ3) is 6.54. The van der Waals surface area contributed by atoms with Gasteiger partial charge >= 0.3 is 0 Å². The molecule has 68 valence electrons. The van der Waals surface area contributed by atoms with E-state index in [1.165, 1.54) is 0 Å². The van der Waals surface area contributed by atoms with Crippen molar-refractivity contribution in [3.63, 3.8) is 0 Å². The normalized spacial score (nSPS) is 8.67. The second kappa shape index (κ2) is 7.49. The van der Waals surface area contributed by atoms with Gasteiger partial charge in [0, 0.05) is 9.79 Å². The van der Waals surface area contributed by atoms with E-state index in [1.54, 1.807) is 0 Å². The number of rotatable bonds is 1. The Hall–Kier alpha value is -0.160. The monoisotopic (exact) mass is 204 g/mol. The van der Waals surface area contributed by atoms with Crippen molar-refractivity contribution in [2.75, 3.05) is 13.2 Å². The molecular formula is C8H12O2S2. The number of thiol groups is 2. The molecule has 1 rings (SSSR count). The molecule has 0 aliphatic rings. The van der Waals surface area contributed by atoms with Crippen LogP contribution in [0.1, 0.15) is 0 Å². The van der Waals surface area contributed by atoms with Gasteiger partial charge in [-0.3, -0.25) is 0 Å². The summed E-state index contributed by atoms with van der Waals surface area (Å²) in [4.78, 5) is 1.95. The van der Waals surface area contributed by atoms with Gasteiger partial charge in [0.1, 0.15) is 0 Å². The van der Waals surface area contributed by atoms with E-state index in [4.69, 9.17) is 10.2 Å². The van der Waals surface area contributed by atoms with E-state index in [0.717, 1.165) is 9.79 Å². The zero-order valence-electron chi connectivity index (χ0n) is 6.51. The Kier molecular flexibility index (Phi) is 7.39. The maximum atomic E-state index is 7.62. The van der Waals surface area contributed by atoms with Crippen molar-refractivity contribution in [3.8, 4) is 0 Å². The van der Waals surface area contributed by atoms with Crippen LogP contribution < -0.4 is 0 Å². The van der Waals surface area contributed by atoms with Gasteiger partial charge in [0.2, 0.25) is 0 Å². The molecule has 0 radical (unpaired) electrons. The third-order valence-corrected chi connectivity index (χ3v) is 1.55. The van der Waals surface area contributed by atoms with Crippen LogP contribution in [-0.2, 0) is 0 Å². The lowest BCUT2D eigenvalue weighted by molar-refractivity contribution is 0.186. The highest BCUT2D eigenvalue weighted by molar-refractivity contribution is 7.80. The lowest BCUT2D eigenvalue weighted by Gasteiger charge is -1.88. The second-order valence-corrected chi connectivity index (χ2v) is 3.00. The zero-order chi connectivity index (χ0) is 9.40. The molecule has 2 nitrogen and oxygen atoms in total. The van der Waals surface area contributed by atoms with Crippen molar-refractivity contribution >= 4 is 25.3 Å². The largest absolute Gasteiger partial charge is 0.394 e. The molecular weight excluding hydrogens is 192 g/mol. The van der Waals surface area contributed by atoms with Gasteiger partial charge in [-0.15, -0.1) is 25.3 Å². The van der Waals surface area contributed by atoms with Crippen molar-refractivity contribution in [2.24, 2.45) is 0 Å². The summed E-state index contributed by atoms with van der Waals surface area (Å²) in [6, 6.07) is 7.63. The lowest BCUT2D eigenvalue weighted by Crippen LogP contribution is -1.85. The van der Waals surface area contributed by atoms with Crippen molar-refractivity contribution in [1.82, 2.24) is 0 Å². The Balaban J connectivity index is 0.000000261. The Morgan fingerprint density at radius 3 is 1.25 bits per heavy atom. The summed E-state index contributed by atoms with van der Waals surface area (Å²) >= 11 is 8.20. The molecule has 1 aromatic rings. The first-order valence-corrected chi connectivity index (χ1v) is 4.30. The average molecular weight is 204 g/mol. The van der Waals surface area contributed by atoms with Crippen molar-refractivity contribution < 1.29 is 10.2 Å². The van der Waals surface area contributed by atoms with Crippen molar-refractivity contribution in [2.45, 2.75) is 9.79 Å². The molecule has 12 heavy (non-hydrogen) atoms. The molecule has 0 unspecified atom stereocenters. The highest BCUT2D eigenvalue weighted by atomic mass is 32.1. The van der Waals surface area contributed by atoms with E-state index in [-0.39, 0.29) is 13.2 Å². The lowest BCUT2D eigenvalue weighted by atomic mass is 10.4. The first kappa shape index (κ1) is 11.8. The standard InChI is InChI=1S/C6H6S2.C2H6O2/c7-5-1-2-6(8)4-3-5;3-1-2-4/h1-4,7-8H;3-4H,1-2H2. The van der Waals surface area contributed by atoms with Crippen LogP contribution in [-0.4, -0.2) is 23.4 Å². The summed E-state index contributed by atoms with van der Waals surface area (Å²) in [7, 11) is 0. The number of benzene rings is 1. The fourth-order valence-electron chi connectivity index (χ4n) is 0.453. The van der Waals surface area contributed by atoms with Gasteiger partial charge in [-0.25, -0.2) is 0 Å². The average Bonchev–Trinajstić information content (AvgIpc) is 2.11. The van der Waals surface area contributed by atoms with E-state index in [2.05, 4.69) is 25.3 Å². The van der Waals surface area contributed by atoms with Crippen LogP contribution in [0, 0.1) is 0 Å². The molecule has 0 fully saturated rings. The minimum atomic E-state index is -0.125. The first-order valence-electron chi connectivity index (χ1n) is 3.40. The van der Waals surface area contributed by atoms with Crippen LogP contribution in [0.25, 0.3) is 0 Å². The van der Waals surface area contributed by atoms with Crippen molar-refractivity contribution in [3.05, 3.63) is 24.3 Å². The Labute approximate surface area is 83.1 Å². The van der Waals surface area contributed by atoms with Gasteiger partial charge in [-0.05, 0) is 24.3 Å². The topological polar surface area (TPSA) is 40.5 Å². The minimum absolute atomic E-state index is 0.125. The Morgan fingerprint density at radius 1 is 0.833 bits per heavy atom. The van der Waals surface area contributed by atoms with E-state index in [9.17, 15) is 0 Å². The van der Waals surface area contributed by atoms with Gasteiger partial charge in [0.25, 0.3) is 0 Å². The zero-order valence-corrected chi connectivity index (χ0v) is 8.30. The summed E-state index contributed by atoms with van der Waals surface area (Å²) in [6.45, 7) is -0.250. The van der Waals surface area contributed by atoms with Crippen LogP contribution in [0.5, 0.6) is 0 Å². The predicted octanol–water partition coefficient (Wildman–Crippen LogP) is 1.23. The third-order valence-electron chi connectivity index (χ3n) is 0.950. The first-order chi connectivity index (χ1) is 5.70. The fourth-order valence-corrected chi connectivity index (χ4v) is 0.751. The summed E-state index contributed by atoms with van der Waals surface area (Å²) in [5, 5.41) is 15.2. The SMILES string of the molecule is OCCO.Sc1ccc(S)cc1. The van der Waals surface area contributed by atoms with Gasteiger partial charge < -0.3 is 10.2 Å². The highest BCUT2D eigenvalue weighted by Gasteiger charge is 1.81. The van der Waals surface area contributed by atoms with E-state index in [0.29, 0.717) is 0 Å². The van der Waals surface area contributed by atoms with Crippen LogP contribution >= 0.6 is 25.3 Å². The van der Waals surface area contributed by atoms with E-state index < -0.39 is 0 Å². The molecule has 0 aliphatic carbocycles. The number of aliphatic hydroxyl groups is 2. The quantitative estimate of drug-likeness (QED) is 0.520. The fraction of sp³-hybridized carbons (Fsp3) is 0.250. The molecule has 4 heteroatoms. The number of aliphatic hydroxyl groups excluding tert-OH is 2. The molecule has 0 atom stereocenters. The molecule has 1 aromatic carbocycles. The number of hydrogen-bond donors (Lipinski definition) is 4. The Bertz CT molecular complexity index is 176. The highest BCUT2D eigenvalue weighted by Crippen LogP contribution is 2.09. The van der Waals surface area contributed by atoms with Crippen LogP contribution in [0.3, 0.4) is 0 Å². The van der Waals surface area contributed by atoms with Gasteiger partial charge in [0.05, 0.1) is 13.2 Å². The predicted molar refractivity (Wildman–Crippen MR) is 55.1 cm³/mol. The molecule has 0 bridgehead atoms. The second-order valence-electron chi connectivity index (χ2n) is 1.96. The molecule has 0 heterocycles. The van der Waals surface area contributed by atoms with Gasteiger partial charge in [-0.1, -0.05) is 0 Å². The summed E-state index contributed by atoms with van der Waals surface area (Å²) < 4.78 is 0. The van der Waals surface area contributed by atoms with Crippen molar-refractivity contribution in [1.29, 1.82) is 0 Å². The molecule has 0 aliphatic heterocycles. The van der Waals surface area contributed by atoms with E-state index in [1.807, 2.05) is 24.3 Å². The molecule has 0 saturated heterocycles. The van der Waals surface area contributed by atoms with Crippen LogP contribution in [0.2, 0.25) is 0 Å².